The summed E-state index contributed by atoms with van der Waals surface area (Å²) in [4.78, 5) is 0. The van der Waals surface area contributed by atoms with Crippen molar-refractivity contribution in [3.05, 3.63) is 0 Å². The predicted octanol–water partition coefficient (Wildman–Crippen LogP) is -0.0653. The number of rotatable bonds is 5. The molecule has 0 aromatic carbocycles. The summed E-state index contributed by atoms with van der Waals surface area (Å²) >= 11 is 0. The third-order valence-electron chi connectivity index (χ3n) is 2.10. The van der Waals surface area contributed by atoms with Gasteiger partial charge in [0.15, 0.2) is 0 Å². The average molecular weight is 388 g/mol. The Morgan fingerprint density at radius 3 is 1.22 bits per heavy atom. The van der Waals surface area contributed by atoms with Crippen LogP contribution in [-0.2, 0) is 10.1 Å². The van der Waals surface area contributed by atoms with Gasteiger partial charge in [-0.3, -0.25) is 0 Å². The second-order valence-corrected chi connectivity index (χ2v) is 5.05. The molecule has 0 rings (SSSR count). The summed E-state index contributed by atoms with van der Waals surface area (Å²) in [5.41, 5.74) is -5.70. The van der Waals surface area contributed by atoms with Gasteiger partial charge < -0.3 is 4.55 Å². The molecule has 0 fully saturated rings. The molecule has 1 atom stereocenters. The molecule has 0 aliphatic carbocycles. The molecule has 1 unspecified atom stereocenters. The number of hydrogen-bond donors (Lipinski definition) is 0. The molecule has 0 N–H and O–H groups in total. The van der Waals surface area contributed by atoms with E-state index < -0.39 is 45.5 Å². The second-order valence-electron chi connectivity index (χ2n) is 3.65. The molecule has 17 heteroatoms. The Labute approximate surface area is 130 Å². The minimum Gasteiger partial charge on any atom is -0.746 e. The van der Waals surface area contributed by atoms with E-state index in [1.54, 1.807) is 0 Å². The molecule has 0 aromatic heterocycles. The van der Waals surface area contributed by atoms with Crippen molar-refractivity contribution in [2.75, 3.05) is 0 Å². The van der Waals surface area contributed by atoms with Crippen LogP contribution in [0, 0.1) is 0 Å². The standard InChI is InChI=1S/C6H2F12O3S.Li/c7-1(22(19,20)21)2(8,9)3(10,11)4(12,13)5(14,15)6(16,17)18;/h1H,(H,19,20,21);/q;+1/p-1. The summed E-state index contributed by atoms with van der Waals surface area (Å²) in [6.07, 6.45) is -7.47. The number of halogens is 12. The maximum absolute atomic E-state index is 12.7. The molecule has 0 aliphatic heterocycles. The van der Waals surface area contributed by atoms with Gasteiger partial charge in [0.2, 0.25) is 0 Å². The van der Waals surface area contributed by atoms with Crippen molar-refractivity contribution in [2.24, 2.45) is 0 Å². The van der Waals surface area contributed by atoms with Gasteiger partial charge in [0.05, 0.1) is 0 Å². The third-order valence-corrected chi connectivity index (χ3v) is 2.90. The van der Waals surface area contributed by atoms with Crippen LogP contribution in [0.1, 0.15) is 0 Å². The van der Waals surface area contributed by atoms with Crippen molar-refractivity contribution >= 4 is 10.1 Å². The van der Waals surface area contributed by atoms with E-state index in [4.69, 9.17) is 0 Å². The van der Waals surface area contributed by atoms with Crippen LogP contribution in [0.2, 0.25) is 0 Å². The van der Waals surface area contributed by atoms with Gasteiger partial charge in [0.25, 0.3) is 5.50 Å². The van der Waals surface area contributed by atoms with Crippen LogP contribution in [0.25, 0.3) is 0 Å². The van der Waals surface area contributed by atoms with Gasteiger partial charge in [-0.25, -0.2) is 12.8 Å². The molecule has 0 spiro atoms. The summed E-state index contributed by atoms with van der Waals surface area (Å²) in [5.74, 6) is -31.0. The Hall–Kier alpha value is -0.333. The normalized spacial score (nSPS) is 16.7. The minimum absolute atomic E-state index is 0. The molecule has 0 heterocycles. The monoisotopic (exact) mass is 388 g/mol. The maximum atomic E-state index is 12.7. The third kappa shape index (κ3) is 3.69. The van der Waals surface area contributed by atoms with E-state index >= 15 is 0 Å². The van der Waals surface area contributed by atoms with Gasteiger partial charge in [-0.1, -0.05) is 0 Å². The minimum atomic E-state index is -7.98. The van der Waals surface area contributed by atoms with Crippen LogP contribution in [0.4, 0.5) is 52.7 Å². The molecular formula is C6HF12LiO3S. The Morgan fingerprint density at radius 1 is 0.696 bits per heavy atom. The number of hydrogen-bond acceptors (Lipinski definition) is 3. The summed E-state index contributed by atoms with van der Waals surface area (Å²) in [5, 5.41) is 0. The Bertz CT molecular complexity index is 525. The quantitative estimate of drug-likeness (QED) is 0.377. The molecule has 0 saturated carbocycles. The Morgan fingerprint density at radius 2 is 1.00 bits per heavy atom. The fraction of sp³-hybridized carbons (Fsp3) is 1.00. The van der Waals surface area contributed by atoms with Gasteiger partial charge in [-0.2, -0.15) is 48.3 Å². The Kier molecular flexibility index (Phi) is 6.71. The molecular weight excluding hydrogens is 387 g/mol. The zero-order valence-corrected chi connectivity index (χ0v) is 11.1. The SMILES string of the molecule is O=S(=O)([O-])C(F)C(F)(F)C(F)(F)C(F)(F)C(F)(F)C(F)(F)F.[Li+]. The van der Waals surface area contributed by atoms with Crippen LogP contribution in [0.5, 0.6) is 0 Å². The van der Waals surface area contributed by atoms with Crippen molar-refractivity contribution in [3.63, 3.8) is 0 Å². The van der Waals surface area contributed by atoms with Gasteiger partial charge >= 0.3 is 48.7 Å². The molecule has 0 amide bonds. The zero-order chi connectivity index (χ0) is 18.6. The van der Waals surface area contributed by atoms with E-state index in [0.717, 1.165) is 0 Å². The molecule has 23 heavy (non-hydrogen) atoms. The van der Waals surface area contributed by atoms with Gasteiger partial charge in [0, 0.05) is 0 Å². The predicted molar refractivity (Wildman–Crippen MR) is 40.4 cm³/mol. The zero-order valence-electron chi connectivity index (χ0n) is 10.2. The molecule has 3 nitrogen and oxygen atoms in total. The summed E-state index contributed by atoms with van der Waals surface area (Å²) in [6.45, 7) is 0. The molecule has 0 aliphatic rings. The van der Waals surface area contributed by atoms with E-state index in [9.17, 15) is 65.7 Å². The van der Waals surface area contributed by atoms with Crippen LogP contribution < -0.4 is 18.9 Å². The van der Waals surface area contributed by atoms with Crippen molar-refractivity contribution in [1.29, 1.82) is 0 Å². The molecule has 0 radical (unpaired) electrons. The molecule has 0 saturated heterocycles. The van der Waals surface area contributed by atoms with Gasteiger partial charge in [-0.15, -0.1) is 0 Å². The second kappa shape index (κ2) is 6.19. The number of alkyl halides is 12. The van der Waals surface area contributed by atoms with Gasteiger partial charge in [0.1, 0.15) is 10.1 Å². The summed E-state index contributed by atoms with van der Waals surface area (Å²) in [6, 6.07) is 0. The summed E-state index contributed by atoms with van der Waals surface area (Å²) in [7, 11) is -7.09. The van der Waals surface area contributed by atoms with Crippen molar-refractivity contribution in [3.8, 4) is 0 Å². The van der Waals surface area contributed by atoms with E-state index in [1.165, 1.54) is 0 Å². The fourth-order valence-electron chi connectivity index (χ4n) is 0.908. The first-order chi connectivity index (χ1) is 9.15. The van der Waals surface area contributed by atoms with Crippen molar-refractivity contribution in [2.45, 2.75) is 35.4 Å². The smallest absolute Gasteiger partial charge is 0.746 e. The fourth-order valence-corrected chi connectivity index (χ4v) is 1.42. The first-order valence-electron chi connectivity index (χ1n) is 4.32. The van der Waals surface area contributed by atoms with E-state index in [1.807, 2.05) is 0 Å². The van der Waals surface area contributed by atoms with E-state index in [-0.39, 0.29) is 18.9 Å². The van der Waals surface area contributed by atoms with E-state index in [2.05, 4.69) is 0 Å². The largest absolute Gasteiger partial charge is 1.00 e. The van der Waals surface area contributed by atoms with Crippen LogP contribution in [-0.4, -0.2) is 48.3 Å². The summed E-state index contributed by atoms with van der Waals surface area (Å²) < 4.78 is 177. The van der Waals surface area contributed by atoms with Crippen LogP contribution in [0.15, 0.2) is 0 Å². The maximum Gasteiger partial charge on any atom is 1.00 e. The molecule has 0 aromatic rings. The first-order valence-corrected chi connectivity index (χ1v) is 5.79. The first kappa shape index (κ1) is 24.9. The van der Waals surface area contributed by atoms with Crippen molar-refractivity contribution < 1.29 is 84.5 Å². The van der Waals surface area contributed by atoms with E-state index in [0.29, 0.717) is 0 Å². The molecule has 0 bridgehead atoms. The van der Waals surface area contributed by atoms with Crippen LogP contribution in [0.3, 0.4) is 0 Å². The topological polar surface area (TPSA) is 57.2 Å². The van der Waals surface area contributed by atoms with Gasteiger partial charge in [-0.05, 0) is 0 Å². The Balaban J connectivity index is 0. The molecule has 134 valence electrons. The van der Waals surface area contributed by atoms with Crippen LogP contribution >= 0.6 is 0 Å². The van der Waals surface area contributed by atoms with Crippen molar-refractivity contribution in [1.82, 2.24) is 0 Å². The average Bonchev–Trinajstić information content (AvgIpc) is 2.24.